The molecule has 0 bridgehead atoms. The second kappa shape index (κ2) is 7.03. The van der Waals surface area contributed by atoms with E-state index in [4.69, 9.17) is 5.11 Å². The van der Waals surface area contributed by atoms with Gasteiger partial charge in [-0.15, -0.1) is 0 Å². The zero-order valence-corrected chi connectivity index (χ0v) is 11.1. The second-order valence-corrected chi connectivity index (χ2v) is 4.91. The van der Waals surface area contributed by atoms with Gasteiger partial charge in [-0.3, -0.25) is 4.79 Å². The highest BCUT2D eigenvalue weighted by atomic mass is 16.4. The molecule has 1 atom stereocenters. The Hall–Kier alpha value is -1.52. The predicted octanol–water partition coefficient (Wildman–Crippen LogP) is 1.99. The van der Waals surface area contributed by atoms with Crippen LogP contribution in [-0.4, -0.2) is 41.1 Å². The minimum Gasteiger partial charge on any atom is -0.481 e. The molecule has 18 heavy (non-hydrogen) atoms. The average molecular weight is 254 g/mol. The van der Waals surface area contributed by atoms with Gasteiger partial charge in [-0.25, -0.2) is 4.79 Å². The first-order valence-corrected chi connectivity index (χ1v) is 6.40. The fourth-order valence-corrected chi connectivity index (χ4v) is 2.13. The van der Waals surface area contributed by atoms with Crippen molar-refractivity contribution in [1.82, 2.24) is 10.2 Å². The zero-order valence-electron chi connectivity index (χ0n) is 11.1. The van der Waals surface area contributed by atoms with E-state index < -0.39 is 5.97 Å². The largest absolute Gasteiger partial charge is 0.481 e. The summed E-state index contributed by atoms with van der Waals surface area (Å²) in [6.45, 7) is 5.09. The molecule has 0 radical (unpaired) electrons. The van der Waals surface area contributed by atoms with E-state index in [9.17, 15) is 9.59 Å². The summed E-state index contributed by atoms with van der Waals surface area (Å²) in [4.78, 5) is 24.4. The molecule has 0 aliphatic carbocycles. The average Bonchev–Trinajstić information content (AvgIpc) is 2.28. The molecule has 2 amide bonds. The van der Waals surface area contributed by atoms with E-state index >= 15 is 0 Å². The van der Waals surface area contributed by atoms with Crippen molar-refractivity contribution in [2.45, 2.75) is 45.6 Å². The van der Waals surface area contributed by atoms with Crippen LogP contribution in [0.4, 0.5) is 4.79 Å². The van der Waals surface area contributed by atoms with Gasteiger partial charge >= 0.3 is 12.0 Å². The maximum atomic E-state index is 12.0. The number of amides is 2. The first-order valence-electron chi connectivity index (χ1n) is 6.40. The van der Waals surface area contributed by atoms with Crippen LogP contribution in [0.25, 0.3) is 0 Å². The third kappa shape index (κ3) is 4.77. The van der Waals surface area contributed by atoms with Crippen molar-refractivity contribution in [2.75, 3.05) is 13.1 Å². The molecular weight excluding hydrogens is 232 g/mol. The van der Waals surface area contributed by atoms with Crippen LogP contribution < -0.4 is 5.32 Å². The summed E-state index contributed by atoms with van der Waals surface area (Å²) >= 11 is 0. The van der Waals surface area contributed by atoms with E-state index in [1.807, 2.05) is 19.9 Å². The van der Waals surface area contributed by atoms with Gasteiger partial charge < -0.3 is 15.3 Å². The number of likely N-dealkylation sites (tertiary alicyclic amines) is 1. The SMILES string of the molecule is CC(C)=CCNC(=O)N1CCCCC1CC(=O)O. The quantitative estimate of drug-likeness (QED) is 0.754. The highest BCUT2D eigenvalue weighted by Gasteiger charge is 2.27. The van der Waals surface area contributed by atoms with Crippen molar-refractivity contribution < 1.29 is 14.7 Å². The lowest BCUT2D eigenvalue weighted by molar-refractivity contribution is -0.138. The molecule has 0 spiro atoms. The van der Waals surface area contributed by atoms with Crippen LogP contribution in [-0.2, 0) is 4.79 Å². The van der Waals surface area contributed by atoms with Gasteiger partial charge in [-0.05, 0) is 33.1 Å². The summed E-state index contributed by atoms with van der Waals surface area (Å²) in [5.41, 5.74) is 1.15. The molecule has 1 rings (SSSR count). The van der Waals surface area contributed by atoms with Crippen LogP contribution in [0.5, 0.6) is 0 Å². The number of rotatable bonds is 4. The number of piperidine rings is 1. The molecular formula is C13H22N2O3. The molecule has 1 heterocycles. The van der Waals surface area contributed by atoms with Gasteiger partial charge in [0.15, 0.2) is 0 Å². The summed E-state index contributed by atoms with van der Waals surface area (Å²) in [5.74, 6) is -0.844. The monoisotopic (exact) mass is 254 g/mol. The smallest absolute Gasteiger partial charge is 0.317 e. The van der Waals surface area contributed by atoms with E-state index in [2.05, 4.69) is 5.32 Å². The van der Waals surface area contributed by atoms with Gasteiger partial charge in [0.2, 0.25) is 0 Å². The molecule has 1 saturated heterocycles. The summed E-state index contributed by atoms with van der Waals surface area (Å²) in [6.07, 6.45) is 4.70. The molecule has 1 fully saturated rings. The number of urea groups is 1. The highest BCUT2D eigenvalue weighted by molar-refractivity contribution is 5.76. The summed E-state index contributed by atoms with van der Waals surface area (Å²) in [5, 5.41) is 11.7. The van der Waals surface area contributed by atoms with Gasteiger partial charge in [-0.2, -0.15) is 0 Å². The molecule has 0 aromatic carbocycles. The number of nitrogens with zero attached hydrogens (tertiary/aromatic N) is 1. The Balaban J connectivity index is 2.51. The highest BCUT2D eigenvalue weighted by Crippen LogP contribution is 2.19. The predicted molar refractivity (Wildman–Crippen MR) is 69.4 cm³/mol. The first kappa shape index (κ1) is 14.5. The maximum absolute atomic E-state index is 12.0. The molecule has 1 aliphatic rings. The van der Waals surface area contributed by atoms with E-state index in [1.54, 1.807) is 4.90 Å². The standard InChI is InChI=1S/C13H22N2O3/c1-10(2)6-7-14-13(18)15-8-4-3-5-11(15)9-12(16)17/h6,11H,3-5,7-9H2,1-2H3,(H,14,18)(H,16,17). The van der Waals surface area contributed by atoms with Gasteiger partial charge in [0.05, 0.1) is 6.42 Å². The lowest BCUT2D eigenvalue weighted by Crippen LogP contribution is -2.49. The summed E-state index contributed by atoms with van der Waals surface area (Å²) < 4.78 is 0. The Bertz CT molecular complexity index is 335. The summed E-state index contributed by atoms with van der Waals surface area (Å²) in [7, 11) is 0. The molecule has 0 aromatic heterocycles. The van der Waals surface area contributed by atoms with Crippen LogP contribution >= 0.6 is 0 Å². The second-order valence-electron chi connectivity index (χ2n) is 4.91. The fourth-order valence-electron chi connectivity index (χ4n) is 2.13. The topological polar surface area (TPSA) is 69.6 Å². The van der Waals surface area contributed by atoms with Gasteiger partial charge in [-0.1, -0.05) is 11.6 Å². The van der Waals surface area contributed by atoms with E-state index in [0.717, 1.165) is 24.8 Å². The number of carboxylic acids is 1. The van der Waals surface area contributed by atoms with E-state index in [1.165, 1.54) is 0 Å². The summed E-state index contributed by atoms with van der Waals surface area (Å²) in [6, 6.07) is -0.318. The lowest BCUT2D eigenvalue weighted by atomic mass is 10.00. The van der Waals surface area contributed by atoms with E-state index in [0.29, 0.717) is 13.1 Å². The number of nitrogens with one attached hydrogen (secondary N) is 1. The first-order chi connectivity index (χ1) is 8.50. The number of carbonyl (C=O) groups is 2. The van der Waals surface area contributed by atoms with Gasteiger partial charge in [0.25, 0.3) is 0 Å². The Morgan fingerprint density at radius 3 is 2.72 bits per heavy atom. The van der Waals surface area contributed by atoms with Crippen LogP contribution in [0.15, 0.2) is 11.6 Å². The van der Waals surface area contributed by atoms with Crippen LogP contribution in [0.3, 0.4) is 0 Å². The molecule has 2 N–H and O–H groups in total. The number of allylic oxidation sites excluding steroid dienone is 1. The molecule has 5 heteroatoms. The van der Waals surface area contributed by atoms with Crippen molar-refractivity contribution >= 4 is 12.0 Å². The van der Waals surface area contributed by atoms with Crippen LogP contribution in [0.1, 0.15) is 39.5 Å². The van der Waals surface area contributed by atoms with Crippen LogP contribution in [0.2, 0.25) is 0 Å². The maximum Gasteiger partial charge on any atom is 0.317 e. The van der Waals surface area contributed by atoms with Crippen molar-refractivity contribution in [3.8, 4) is 0 Å². The number of hydrogen-bond acceptors (Lipinski definition) is 2. The number of carbonyl (C=O) groups excluding carboxylic acids is 1. The fraction of sp³-hybridized carbons (Fsp3) is 0.692. The minimum atomic E-state index is -0.844. The Labute approximate surface area is 108 Å². The zero-order chi connectivity index (χ0) is 13.5. The Morgan fingerprint density at radius 2 is 2.11 bits per heavy atom. The van der Waals surface area contributed by atoms with Crippen molar-refractivity contribution in [3.63, 3.8) is 0 Å². The van der Waals surface area contributed by atoms with E-state index in [-0.39, 0.29) is 18.5 Å². The molecule has 1 aliphatic heterocycles. The lowest BCUT2D eigenvalue weighted by Gasteiger charge is -2.34. The third-order valence-corrected chi connectivity index (χ3v) is 3.06. The van der Waals surface area contributed by atoms with Crippen LogP contribution in [0, 0.1) is 0 Å². The minimum absolute atomic E-state index is 0.0378. The number of carboxylic acid groups (broad SMARTS) is 1. The van der Waals surface area contributed by atoms with Crippen molar-refractivity contribution in [1.29, 1.82) is 0 Å². The molecule has 1 unspecified atom stereocenters. The molecule has 5 nitrogen and oxygen atoms in total. The molecule has 0 aromatic rings. The Kier molecular flexibility index (Phi) is 5.68. The number of hydrogen-bond donors (Lipinski definition) is 2. The normalized spacial score (nSPS) is 19.2. The molecule has 102 valence electrons. The Morgan fingerprint density at radius 1 is 1.39 bits per heavy atom. The molecule has 0 saturated carbocycles. The van der Waals surface area contributed by atoms with Crippen molar-refractivity contribution in [2.24, 2.45) is 0 Å². The van der Waals surface area contributed by atoms with Crippen molar-refractivity contribution in [3.05, 3.63) is 11.6 Å². The third-order valence-electron chi connectivity index (χ3n) is 3.06. The van der Waals surface area contributed by atoms with Gasteiger partial charge in [0, 0.05) is 19.1 Å². The van der Waals surface area contributed by atoms with Gasteiger partial charge in [0.1, 0.15) is 0 Å². The number of aliphatic carboxylic acids is 1.